The number of thiophene rings is 1. The van der Waals surface area contributed by atoms with Crippen molar-refractivity contribution in [3.63, 3.8) is 0 Å². The zero-order chi connectivity index (χ0) is 20.0. The second kappa shape index (κ2) is 7.29. The highest BCUT2D eigenvalue weighted by Gasteiger charge is 2.25. The van der Waals surface area contributed by atoms with E-state index in [9.17, 15) is 4.79 Å². The van der Waals surface area contributed by atoms with E-state index < -0.39 is 0 Å². The van der Waals surface area contributed by atoms with Crippen LogP contribution in [0.3, 0.4) is 0 Å². The van der Waals surface area contributed by atoms with Gasteiger partial charge in [-0.05, 0) is 66.6 Å². The fraction of sp³-hybridized carbons (Fsp3) is 0.167. The Balaban J connectivity index is 1.52. The molecule has 1 unspecified atom stereocenters. The SMILES string of the molecule is Nc1c(C(=O)c2ccc(Cl)cc2)sc2nc3c(cc12)CC(c1ccccc1)CC3. The third-order valence-electron chi connectivity index (χ3n) is 5.67. The lowest BCUT2D eigenvalue weighted by Gasteiger charge is -2.24. The third kappa shape index (κ3) is 3.33. The van der Waals surface area contributed by atoms with Gasteiger partial charge in [-0.25, -0.2) is 4.98 Å². The Bertz CT molecular complexity index is 1220. The number of nitrogens with zero attached hydrogens (tertiary/aromatic N) is 1. The van der Waals surface area contributed by atoms with Gasteiger partial charge < -0.3 is 5.73 Å². The number of aryl methyl sites for hydroxylation is 1. The van der Waals surface area contributed by atoms with E-state index in [2.05, 4.69) is 36.4 Å². The summed E-state index contributed by atoms with van der Waals surface area (Å²) in [6.45, 7) is 0. The molecule has 2 aromatic heterocycles. The molecule has 0 saturated heterocycles. The number of ketones is 1. The second-order valence-corrected chi connectivity index (χ2v) is 8.91. The summed E-state index contributed by atoms with van der Waals surface area (Å²) in [6.07, 6.45) is 2.99. The molecule has 1 aliphatic rings. The molecule has 4 aromatic rings. The Kier molecular flexibility index (Phi) is 4.61. The summed E-state index contributed by atoms with van der Waals surface area (Å²) >= 11 is 7.33. The van der Waals surface area contributed by atoms with Gasteiger partial charge in [0, 0.05) is 21.7 Å². The van der Waals surface area contributed by atoms with Gasteiger partial charge in [-0.2, -0.15) is 0 Å². The first-order valence-corrected chi connectivity index (χ1v) is 10.9. The number of anilines is 1. The number of carbonyl (C=O) groups excluding carboxylic acids is 1. The lowest BCUT2D eigenvalue weighted by Crippen LogP contribution is -2.14. The second-order valence-electron chi connectivity index (χ2n) is 7.48. The van der Waals surface area contributed by atoms with Crippen LogP contribution in [-0.2, 0) is 12.8 Å². The van der Waals surface area contributed by atoms with E-state index in [4.69, 9.17) is 22.3 Å². The van der Waals surface area contributed by atoms with Crippen molar-refractivity contribution >= 4 is 44.6 Å². The normalized spacial score (nSPS) is 16.0. The number of carbonyl (C=O) groups is 1. The van der Waals surface area contributed by atoms with Crippen molar-refractivity contribution in [2.45, 2.75) is 25.2 Å². The van der Waals surface area contributed by atoms with Crippen LogP contribution in [0.2, 0.25) is 5.02 Å². The van der Waals surface area contributed by atoms with Crippen LogP contribution in [0.25, 0.3) is 10.2 Å². The van der Waals surface area contributed by atoms with Crippen LogP contribution < -0.4 is 5.73 Å². The number of pyridine rings is 1. The number of nitrogen functional groups attached to an aromatic ring is 1. The van der Waals surface area contributed by atoms with Crippen LogP contribution in [0.1, 0.15) is 44.4 Å². The molecule has 0 saturated carbocycles. The van der Waals surface area contributed by atoms with Gasteiger partial charge in [-0.3, -0.25) is 4.79 Å². The average molecular weight is 419 g/mol. The number of benzene rings is 2. The number of hydrogen-bond acceptors (Lipinski definition) is 4. The van der Waals surface area contributed by atoms with Gasteiger partial charge >= 0.3 is 0 Å². The third-order valence-corrected chi connectivity index (χ3v) is 7.04. The summed E-state index contributed by atoms with van der Waals surface area (Å²) in [7, 11) is 0. The fourth-order valence-corrected chi connectivity index (χ4v) is 5.29. The maximum absolute atomic E-state index is 13.0. The van der Waals surface area contributed by atoms with E-state index in [-0.39, 0.29) is 5.78 Å². The summed E-state index contributed by atoms with van der Waals surface area (Å²) in [5.74, 6) is 0.417. The van der Waals surface area contributed by atoms with E-state index in [1.165, 1.54) is 22.5 Å². The Morgan fingerprint density at radius 3 is 2.62 bits per heavy atom. The highest BCUT2D eigenvalue weighted by molar-refractivity contribution is 7.21. The van der Waals surface area contributed by atoms with Crippen molar-refractivity contribution in [3.8, 4) is 0 Å². The molecule has 5 rings (SSSR count). The quantitative estimate of drug-likeness (QED) is 0.413. The predicted molar refractivity (Wildman–Crippen MR) is 120 cm³/mol. The number of aromatic nitrogens is 1. The number of fused-ring (bicyclic) bond motifs is 2. The molecule has 0 aliphatic heterocycles. The molecule has 2 N–H and O–H groups in total. The van der Waals surface area contributed by atoms with E-state index in [1.54, 1.807) is 24.3 Å². The largest absolute Gasteiger partial charge is 0.397 e. The molecular weight excluding hydrogens is 400 g/mol. The van der Waals surface area contributed by atoms with Gasteiger partial charge in [0.05, 0.1) is 5.69 Å². The summed E-state index contributed by atoms with van der Waals surface area (Å²) in [5.41, 5.74) is 11.3. The van der Waals surface area contributed by atoms with Gasteiger partial charge in [-0.1, -0.05) is 41.9 Å². The van der Waals surface area contributed by atoms with Gasteiger partial charge in [0.15, 0.2) is 0 Å². The molecule has 0 amide bonds. The summed E-state index contributed by atoms with van der Waals surface area (Å²) in [6, 6.07) is 19.7. The van der Waals surface area contributed by atoms with Crippen LogP contribution in [0.4, 0.5) is 5.69 Å². The first-order chi connectivity index (χ1) is 14.1. The highest BCUT2D eigenvalue weighted by Crippen LogP contribution is 2.39. The molecule has 5 heteroatoms. The zero-order valence-electron chi connectivity index (χ0n) is 15.7. The van der Waals surface area contributed by atoms with Crippen molar-refractivity contribution in [3.05, 3.63) is 92.9 Å². The molecule has 0 radical (unpaired) electrons. The summed E-state index contributed by atoms with van der Waals surface area (Å²) in [5, 5.41) is 1.49. The summed E-state index contributed by atoms with van der Waals surface area (Å²) < 4.78 is 0. The van der Waals surface area contributed by atoms with Crippen LogP contribution in [0, 0.1) is 0 Å². The molecular formula is C24H19ClN2OS. The topological polar surface area (TPSA) is 56.0 Å². The minimum atomic E-state index is -0.0812. The molecule has 0 bridgehead atoms. The Morgan fingerprint density at radius 1 is 1.10 bits per heavy atom. The maximum Gasteiger partial charge on any atom is 0.205 e. The lowest BCUT2D eigenvalue weighted by molar-refractivity contribution is 0.104. The molecule has 1 aliphatic carbocycles. The molecule has 0 spiro atoms. The van der Waals surface area contributed by atoms with E-state index in [1.807, 2.05) is 0 Å². The Labute approximate surface area is 178 Å². The summed E-state index contributed by atoms with van der Waals surface area (Å²) in [4.78, 5) is 19.2. The van der Waals surface area contributed by atoms with Crippen LogP contribution in [0.5, 0.6) is 0 Å². The maximum atomic E-state index is 13.0. The molecule has 2 aromatic carbocycles. The number of rotatable bonds is 3. The first kappa shape index (κ1) is 18.3. The van der Waals surface area contributed by atoms with Crippen LogP contribution in [-0.4, -0.2) is 10.8 Å². The lowest BCUT2D eigenvalue weighted by atomic mass is 9.82. The number of nitrogens with two attached hydrogens (primary N) is 1. The number of halogens is 1. The van der Waals surface area contributed by atoms with Crippen LogP contribution in [0.15, 0.2) is 60.7 Å². The molecule has 0 fully saturated rings. The molecule has 1 atom stereocenters. The average Bonchev–Trinajstić information content (AvgIpc) is 3.08. The van der Waals surface area contributed by atoms with Crippen molar-refractivity contribution in [1.82, 2.24) is 4.98 Å². The minimum Gasteiger partial charge on any atom is -0.397 e. The molecule has 29 heavy (non-hydrogen) atoms. The number of hydrogen-bond donors (Lipinski definition) is 1. The van der Waals surface area contributed by atoms with E-state index in [0.29, 0.717) is 27.1 Å². The first-order valence-electron chi connectivity index (χ1n) is 9.66. The van der Waals surface area contributed by atoms with Gasteiger partial charge in [-0.15, -0.1) is 11.3 Å². The zero-order valence-corrected chi connectivity index (χ0v) is 17.3. The molecule has 2 heterocycles. The van der Waals surface area contributed by atoms with Gasteiger partial charge in [0.1, 0.15) is 9.71 Å². The van der Waals surface area contributed by atoms with Crippen molar-refractivity contribution in [1.29, 1.82) is 0 Å². The smallest absolute Gasteiger partial charge is 0.205 e. The molecule has 3 nitrogen and oxygen atoms in total. The van der Waals surface area contributed by atoms with Gasteiger partial charge in [0.25, 0.3) is 0 Å². The van der Waals surface area contributed by atoms with Crippen molar-refractivity contribution in [2.75, 3.05) is 5.73 Å². The predicted octanol–water partition coefficient (Wildman–Crippen LogP) is 6.04. The van der Waals surface area contributed by atoms with E-state index in [0.717, 1.165) is 35.2 Å². The van der Waals surface area contributed by atoms with Crippen molar-refractivity contribution < 1.29 is 4.79 Å². The minimum absolute atomic E-state index is 0.0812. The van der Waals surface area contributed by atoms with Gasteiger partial charge in [0.2, 0.25) is 5.78 Å². The van der Waals surface area contributed by atoms with E-state index >= 15 is 0 Å². The Morgan fingerprint density at radius 2 is 1.86 bits per heavy atom. The molecule has 144 valence electrons. The van der Waals surface area contributed by atoms with Crippen molar-refractivity contribution in [2.24, 2.45) is 0 Å². The fourth-order valence-electron chi connectivity index (χ4n) is 4.10. The standard InChI is InChI=1S/C24H19ClN2OS/c25-18-9-6-15(7-10-18)22(28)23-21(26)19-13-17-12-16(14-4-2-1-3-5-14)8-11-20(17)27-24(19)29-23/h1-7,9-10,13,16H,8,11-12,26H2. The van der Waals surface area contributed by atoms with Crippen LogP contribution >= 0.6 is 22.9 Å². The Hall–Kier alpha value is -2.69. The monoisotopic (exact) mass is 418 g/mol. The highest BCUT2D eigenvalue weighted by atomic mass is 35.5.